The SMILES string of the molecule is COc1ccc(-c2ccnc3[nH]n(-c4ccc(C)cc4)c(=O)c23)cc1OC. The summed E-state index contributed by atoms with van der Waals surface area (Å²) in [5, 5.41) is 3.63. The number of fused-ring (bicyclic) bond motifs is 1. The number of aryl methyl sites for hydroxylation is 1. The van der Waals surface area contributed by atoms with Crippen LogP contribution < -0.4 is 15.0 Å². The Kier molecular flexibility index (Phi) is 4.16. The summed E-state index contributed by atoms with van der Waals surface area (Å²) in [6.07, 6.45) is 1.68. The molecule has 27 heavy (non-hydrogen) atoms. The van der Waals surface area contributed by atoms with Crippen molar-refractivity contribution in [3.05, 3.63) is 70.6 Å². The molecule has 0 aliphatic carbocycles. The molecule has 0 radical (unpaired) electrons. The molecule has 0 saturated heterocycles. The van der Waals surface area contributed by atoms with Gasteiger partial charge in [-0.25, -0.2) is 9.67 Å². The molecular formula is C21H19N3O3. The van der Waals surface area contributed by atoms with Crippen LogP contribution in [0.3, 0.4) is 0 Å². The van der Waals surface area contributed by atoms with Crippen molar-refractivity contribution in [1.82, 2.24) is 14.8 Å². The van der Waals surface area contributed by atoms with Gasteiger partial charge >= 0.3 is 0 Å². The Balaban J connectivity index is 1.93. The number of nitrogens with zero attached hydrogens (tertiary/aromatic N) is 2. The zero-order chi connectivity index (χ0) is 19.0. The quantitative estimate of drug-likeness (QED) is 0.602. The Labute approximate surface area is 156 Å². The Morgan fingerprint density at radius 3 is 2.41 bits per heavy atom. The van der Waals surface area contributed by atoms with E-state index >= 15 is 0 Å². The lowest BCUT2D eigenvalue weighted by atomic mass is 10.0. The van der Waals surface area contributed by atoms with E-state index in [4.69, 9.17) is 9.47 Å². The van der Waals surface area contributed by atoms with Gasteiger partial charge in [0.05, 0.1) is 25.3 Å². The third-order valence-corrected chi connectivity index (χ3v) is 4.57. The van der Waals surface area contributed by atoms with E-state index in [2.05, 4.69) is 10.1 Å². The van der Waals surface area contributed by atoms with Gasteiger partial charge in [-0.1, -0.05) is 23.8 Å². The standard InChI is InChI=1S/C21H19N3O3/c1-13-4-7-15(8-5-13)24-21(25)19-16(10-11-22-20(19)23-24)14-6-9-17(26-2)18(12-14)27-3/h4-12H,1-3H3,(H,22,23). The normalized spacial score (nSPS) is 10.9. The largest absolute Gasteiger partial charge is 0.493 e. The number of hydrogen-bond donors (Lipinski definition) is 1. The first-order valence-corrected chi connectivity index (χ1v) is 8.51. The molecule has 2 aromatic heterocycles. The summed E-state index contributed by atoms with van der Waals surface area (Å²) < 4.78 is 12.2. The number of ether oxygens (including phenoxy) is 2. The Morgan fingerprint density at radius 1 is 0.963 bits per heavy atom. The van der Waals surface area contributed by atoms with Gasteiger partial charge in [0.1, 0.15) is 0 Å². The van der Waals surface area contributed by atoms with Gasteiger partial charge in [0.15, 0.2) is 17.1 Å². The molecule has 0 aliphatic heterocycles. The van der Waals surface area contributed by atoms with Crippen LogP contribution in [0.15, 0.2) is 59.5 Å². The van der Waals surface area contributed by atoms with Crippen LogP contribution in [0.25, 0.3) is 27.8 Å². The molecule has 0 saturated carbocycles. The van der Waals surface area contributed by atoms with Gasteiger partial charge in [-0.05, 0) is 48.4 Å². The monoisotopic (exact) mass is 361 g/mol. The molecule has 1 N–H and O–H groups in total. The highest BCUT2D eigenvalue weighted by Gasteiger charge is 2.16. The van der Waals surface area contributed by atoms with Crippen molar-refractivity contribution < 1.29 is 9.47 Å². The Hall–Kier alpha value is -3.54. The molecule has 0 atom stereocenters. The lowest BCUT2D eigenvalue weighted by molar-refractivity contribution is 0.355. The van der Waals surface area contributed by atoms with Crippen LogP contribution in [0.1, 0.15) is 5.56 Å². The lowest BCUT2D eigenvalue weighted by Gasteiger charge is -2.09. The van der Waals surface area contributed by atoms with Crippen LogP contribution in [0.5, 0.6) is 11.5 Å². The van der Waals surface area contributed by atoms with E-state index in [1.54, 1.807) is 20.4 Å². The minimum absolute atomic E-state index is 0.147. The second-order valence-electron chi connectivity index (χ2n) is 6.24. The molecule has 0 unspecified atom stereocenters. The summed E-state index contributed by atoms with van der Waals surface area (Å²) in [4.78, 5) is 17.5. The maximum Gasteiger partial charge on any atom is 0.281 e. The summed E-state index contributed by atoms with van der Waals surface area (Å²) >= 11 is 0. The minimum Gasteiger partial charge on any atom is -0.493 e. The van der Waals surface area contributed by atoms with Crippen LogP contribution >= 0.6 is 0 Å². The molecule has 6 nitrogen and oxygen atoms in total. The van der Waals surface area contributed by atoms with E-state index in [1.165, 1.54) is 4.68 Å². The molecule has 4 aromatic rings. The van der Waals surface area contributed by atoms with Crippen molar-refractivity contribution in [3.8, 4) is 28.3 Å². The molecule has 0 fully saturated rings. The summed E-state index contributed by atoms with van der Waals surface area (Å²) in [6.45, 7) is 2.01. The van der Waals surface area contributed by atoms with Crippen molar-refractivity contribution in [2.75, 3.05) is 14.2 Å². The number of aromatic amines is 1. The molecule has 0 amide bonds. The summed E-state index contributed by atoms with van der Waals surface area (Å²) in [7, 11) is 3.18. The average Bonchev–Trinajstić information content (AvgIpc) is 3.05. The van der Waals surface area contributed by atoms with E-state index in [9.17, 15) is 4.79 Å². The zero-order valence-corrected chi connectivity index (χ0v) is 15.3. The summed E-state index contributed by atoms with van der Waals surface area (Å²) in [5.74, 6) is 1.24. The first-order chi connectivity index (χ1) is 13.1. The van der Waals surface area contributed by atoms with Crippen LogP contribution in [0.4, 0.5) is 0 Å². The maximum atomic E-state index is 13.1. The van der Waals surface area contributed by atoms with E-state index < -0.39 is 0 Å². The second-order valence-corrected chi connectivity index (χ2v) is 6.24. The Bertz CT molecular complexity index is 1170. The predicted molar refractivity (Wildman–Crippen MR) is 105 cm³/mol. The third kappa shape index (κ3) is 2.85. The van der Waals surface area contributed by atoms with Gasteiger partial charge in [0.25, 0.3) is 5.56 Å². The number of rotatable bonds is 4. The zero-order valence-electron chi connectivity index (χ0n) is 15.3. The smallest absolute Gasteiger partial charge is 0.281 e. The van der Waals surface area contributed by atoms with Gasteiger partial charge in [-0.2, -0.15) is 0 Å². The van der Waals surface area contributed by atoms with Gasteiger partial charge in [0.2, 0.25) is 0 Å². The molecular weight excluding hydrogens is 342 g/mol. The van der Waals surface area contributed by atoms with Gasteiger partial charge < -0.3 is 9.47 Å². The predicted octanol–water partition coefficient (Wildman–Crippen LogP) is 3.71. The van der Waals surface area contributed by atoms with Crippen LogP contribution in [0.2, 0.25) is 0 Å². The highest BCUT2D eigenvalue weighted by Crippen LogP contribution is 2.34. The Morgan fingerprint density at radius 2 is 1.70 bits per heavy atom. The number of pyridine rings is 1. The first kappa shape index (κ1) is 16.9. The van der Waals surface area contributed by atoms with E-state index in [0.29, 0.717) is 22.5 Å². The molecule has 2 heterocycles. The van der Waals surface area contributed by atoms with Gasteiger partial charge in [0, 0.05) is 6.20 Å². The molecule has 6 heteroatoms. The van der Waals surface area contributed by atoms with Crippen molar-refractivity contribution in [2.24, 2.45) is 0 Å². The average molecular weight is 361 g/mol. The highest BCUT2D eigenvalue weighted by atomic mass is 16.5. The fourth-order valence-corrected chi connectivity index (χ4v) is 3.15. The number of benzene rings is 2. The lowest BCUT2D eigenvalue weighted by Crippen LogP contribution is -2.14. The topological polar surface area (TPSA) is 69.1 Å². The van der Waals surface area contributed by atoms with Crippen molar-refractivity contribution in [2.45, 2.75) is 6.92 Å². The van der Waals surface area contributed by atoms with Crippen LogP contribution in [-0.4, -0.2) is 29.0 Å². The number of nitrogens with one attached hydrogen (secondary N) is 1. The van der Waals surface area contributed by atoms with Crippen molar-refractivity contribution >= 4 is 11.0 Å². The fraction of sp³-hybridized carbons (Fsp3) is 0.143. The third-order valence-electron chi connectivity index (χ3n) is 4.57. The molecule has 0 spiro atoms. The first-order valence-electron chi connectivity index (χ1n) is 8.51. The van der Waals surface area contributed by atoms with E-state index in [-0.39, 0.29) is 5.56 Å². The molecule has 0 aliphatic rings. The summed E-state index contributed by atoms with van der Waals surface area (Å²) in [5.41, 5.74) is 3.92. The number of hydrogen-bond acceptors (Lipinski definition) is 4. The van der Waals surface area contributed by atoms with Crippen LogP contribution in [0, 0.1) is 6.92 Å². The summed E-state index contributed by atoms with van der Waals surface area (Å²) in [6, 6.07) is 15.2. The van der Waals surface area contributed by atoms with Crippen LogP contribution in [-0.2, 0) is 0 Å². The molecule has 2 aromatic carbocycles. The second kappa shape index (κ2) is 6.64. The molecule has 4 rings (SSSR count). The minimum atomic E-state index is -0.147. The highest BCUT2D eigenvalue weighted by molar-refractivity contribution is 5.92. The number of methoxy groups -OCH3 is 2. The van der Waals surface area contributed by atoms with Crippen molar-refractivity contribution in [3.63, 3.8) is 0 Å². The number of aromatic nitrogens is 3. The van der Waals surface area contributed by atoms with E-state index in [1.807, 2.05) is 55.5 Å². The number of H-pyrrole nitrogens is 1. The molecule has 136 valence electrons. The van der Waals surface area contributed by atoms with Gasteiger partial charge in [-0.3, -0.25) is 9.89 Å². The van der Waals surface area contributed by atoms with Crippen molar-refractivity contribution in [1.29, 1.82) is 0 Å². The van der Waals surface area contributed by atoms with E-state index in [0.717, 1.165) is 22.4 Å². The molecule has 0 bridgehead atoms. The fourth-order valence-electron chi connectivity index (χ4n) is 3.15. The maximum absolute atomic E-state index is 13.1. The van der Waals surface area contributed by atoms with Gasteiger partial charge in [-0.15, -0.1) is 0 Å².